The molecule has 1 aromatic heterocycles. The van der Waals surface area contributed by atoms with Crippen molar-refractivity contribution in [1.82, 2.24) is 15.1 Å². The van der Waals surface area contributed by atoms with Crippen LogP contribution in [0.25, 0.3) is 0 Å². The lowest BCUT2D eigenvalue weighted by Crippen LogP contribution is -2.36. The van der Waals surface area contributed by atoms with Crippen LogP contribution >= 0.6 is 0 Å². The molecule has 1 aliphatic carbocycles. The summed E-state index contributed by atoms with van der Waals surface area (Å²) in [7, 11) is 0. The van der Waals surface area contributed by atoms with Gasteiger partial charge in [0.15, 0.2) is 0 Å². The largest absolute Gasteiger partial charge is 0.335 e. The Morgan fingerprint density at radius 1 is 1.24 bits per heavy atom. The highest BCUT2D eigenvalue weighted by molar-refractivity contribution is 5.89. The highest BCUT2D eigenvalue weighted by Crippen LogP contribution is 2.18. The van der Waals surface area contributed by atoms with Gasteiger partial charge >= 0.3 is 6.03 Å². The molecule has 5 heteroatoms. The van der Waals surface area contributed by atoms with Gasteiger partial charge in [-0.05, 0) is 36.6 Å². The molecule has 0 radical (unpaired) electrons. The Kier molecular flexibility index (Phi) is 4.19. The first-order chi connectivity index (χ1) is 10.3. The van der Waals surface area contributed by atoms with E-state index in [0.29, 0.717) is 6.04 Å². The number of hydrogen-bond acceptors (Lipinski definition) is 2. The smallest absolute Gasteiger partial charge is 0.319 e. The summed E-state index contributed by atoms with van der Waals surface area (Å²) < 4.78 is 1.87. The van der Waals surface area contributed by atoms with Gasteiger partial charge < -0.3 is 10.6 Å². The van der Waals surface area contributed by atoms with Crippen LogP contribution in [-0.4, -0.2) is 21.9 Å². The molecule has 0 spiro atoms. The fraction of sp³-hybridized carbons (Fsp3) is 0.375. The van der Waals surface area contributed by atoms with Crippen LogP contribution in [0.5, 0.6) is 0 Å². The molecule has 2 aromatic rings. The Hall–Kier alpha value is -2.30. The summed E-state index contributed by atoms with van der Waals surface area (Å²) >= 11 is 0. The van der Waals surface area contributed by atoms with E-state index in [4.69, 9.17) is 0 Å². The number of rotatable bonds is 4. The average molecular weight is 284 g/mol. The van der Waals surface area contributed by atoms with Gasteiger partial charge in [0.2, 0.25) is 0 Å². The maximum atomic E-state index is 11.9. The lowest BCUT2D eigenvalue weighted by atomic mass is 10.2. The second kappa shape index (κ2) is 6.43. The Labute approximate surface area is 124 Å². The number of urea groups is 1. The maximum Gasteiger partial charge on any atom is 0.319 e. The van der Waals surface area contributed by atoms with Crippen molar-refractivity contribution >= 4 is 11.7 Å². The van der Waals surface area contributed by atoms with Crippen molar-refractivity contribution in [3.05, 3.63) is 48.3 Å². The van der Waals surface area contributed by atoms with Gasteiger partial charge in [-0.3, -0.25) is 4.68 Å². The summed E-state index contributed by atoms with van der Waals surface area (Å²) in [5.41, 5.74) is 1.97. The van der Waals surface area contributed by atoms with Gasteiger partial charge in [-0.25, -0.2) is 4.79 Å². The van der Waals surface area contributed by atoms with Gasteiger partial charge in [-0.15, -0.1) is 0 Å². The zero-order valence-electron chi connectivity index (χ0n) is 12.0. The number of amides is 2. The summed E-state index contributed by atoms with van der Waals surface area (Å²) in [5, 5.41) is 10.1. The highest BCUT2D eigenvalue weighted by Gasteiger charge is 2.16. The van der Waals surface area contributed by atoms with E-state index in [-0.39, 0.29) is 6.03 Å². The van der Waals surface area contributed by atoms with Crippen molar-refractivity contribution < 1.29 is 4.79 Å². The number of aromatic nitrogens is 2. The van der Waals surface area contributed by atoms with E-state index in [2.05, 4.69) is 15.7 Å². The predicted molar refractivity (Wildman–Crippen MR) is 82.2 cm³/mol. The Morgan fingerprint density at radius 3 is 2.67 bits per heavy atom. The Balaban J connectivity index is 1.52. The van der Waals surface area contributed by atoms with Crippen LogP contribution in [0.1, 0.15) is 31.2 Å². The molecular formula is C16H20N4O. The normalized spacial score (nSPS) is 15.0. The number of hydrogen-bond donors (Lipinski definition) is 2. The molecule has 1 heterocycles. The molecule has 3 rings (SSSR count). The van der Waals surface area contributed by atoms with Crippen molar-refractivity contribution in [3.63, 3.8) is 0 Å². The molecule has 0 unspecified atom stereocenters. The fourth-order valence-electron chi connectivity index (χ4n) is 2.70. The molecule has 0 bridgehead atoms. The maximum absolute atomic E-state index is 11.9. The molecular weight excluding hydrogens is 264 g/mol. The third-order valence-electron chi connectivity index (χ3n) is 3.81. The third-order valence-corrected chi connectivity index (χ3v) is 3.81. The first-order valence-corrected chi connectivity index (χ1v) is 7.43. The van der Waals surface area contributed by atoms with Gasteiger partial charge in [0.05, 0.1) is 6.54 Å². The minimum absolute atomic E-state index is 0.110. The van der Waals surface area contributed by atoms with Gasteiger partial charge in [0, 0.05) is 24.1 Å². The van der Waals surface area contributed by atoms with Crippen molar-refractivity contribution in [2.75, 3.05) is 5.32 Å². The van der Waals surface area contributed by atoms with Crippen molar-refractivity contribution in [2.45, 2.75) is 38.3 Å². The van der Waals surface area contributed by atoms with Gasteiger partial charge in [0.1, 0.15) is 0 Å². The molecule has 1 saturated carbocycles. The summed E-state index contributed by atoms with van der Waals surface area (Å²) in [6, 6.07) is 9.99. The van der Waals surface area contributed by atoms with Crippen LogP contribution in [0.2, 0.25) is 0 Å². The summed E-state index contributed by atoms with van der Waals surface area (Å²) in [6.07, 6.45) is 8.32. The van der Waals surface area contributed by atoms with Crippen molar-refractivity contribution in [2.24, 2.45) is 0 Å². The van der Waals surface area contributed by atoms with Crippen LogP contribution in [0.15, 0.2) is 42.7 Å². The molecule has 110 valence electrons. The van der Waals surface area contributed by atoms with Gasteiger partial charge in [-0.2, -0.15) is 5.10 Å². The third kappa shape index (κ3) is 3.84. The lowest BCUT2D eigenvalue weighted by molar-refractivity contribution is 0.248. The number of anilines is 1. The summed E-state index contributed by atoms with van der Waals surface area (Å²) in [6.45, 7) is 0.738. The average Bonchev–Trinajstić information content (AvgIpc) is 3.14. The molecule has 2 N–H and O–H groups in total. The van der Waals surface area contributed by atoms with Crippen LogP contribution in [-0.2, 0) is 6.54 Å². The van der Waals surface area contributed by atoms with E-state index in [0.717, 1.165) is 30.6 Å². The summed E-state index contributed by atoms with van der Waals surface area (Å²) in [5.74, 6) is 0. The monoisotopic (exact) mass is 284 g/mol. The quantitative estimate of drug-likeness (QED) is 0.906. The lowest BCUT2D eigenvalue weighted by Gasteiger charge is -2.13. The standard InChI is InChI=1S/C16H20N4O/c21-16(18-14-4-1-2-5-14)19-15-8-6-13(7-9-15)12-20-11-3-10-17-20/h3,6-11,14H,1-2,4-5,12H2,(H2,18,19,21). The second-order valence-electron chi connectivity index (χ2n) is 5.48. The molecule has 2 amide bonds. The second-order valence-corrected chi connectivity index (χ2v) is 5.48. The molecule has 0 atom stereocenters. The van der Waals surface area contributed by atoms with E-state index in [9.17, 15) is 4.79 Å². The minimum atomic E-state index is -0.110. The Morgan fingerprint density at radius 2 is 2.00 bits per heavy atom. The highest BCUT2D eigenvalue weighted by atomic mass is 16.2. The molecule has 1 aliphatic rings. The van der Waals surface area contributed by atoms with Gasteiger partial charge in [-0.1, -0.05) is 25.0 Å². The van der Waals surface area contributed by atoms with E-state index >= 15 is 0 Å². The van der Waals surface area contributed by atoms with Crippen molar-refractivity contribution in [1.29, 1.82) is 0 Å². The SMILES string of the molecule is O=C(Nc1ccc(Cn2cccn2)cc1)NC1CCCC1. The topological polar surface area (TPSA) is 59.0 Å². The van der Waals surface area contributed by atoms with E-state index < -0.39 is 0 Å². The number of benzene rings is 1. The zero-order chi connectivity index (χ0) is 14.5. The predicted octanol–water partition coefficient (Wildman–Crippen LogP) is 3.00. The Bertz CT molecular complexity index is 571. The van der Waals surface area contributed by atoms with E-state index in [1.54, 1.807) is 6.20 Å². The number of nitrogens with one attached hydrogen (secondary N) is 2. The van der Waals surface area contributed by atoms with E-state index in [1.807, 2.05) is 41.2 Å². The van der Waals surface area contributed by atoms with Crippen LogP contribution in [0.3, 0.4) is 0 Å². The van der Waals surface area contributed by atoms with Crippen LogP contribution in [0.4, 0.5) is 10.5 Å². The molecule has 0 aliphatic heterocycles. The first kappa shape index (κ1) is 13.7. The van der Waals surface area contributed by atoms with E-state index in [1.165, 1.54) is 12.8 Å². The molecule has 1 aromatic carbocycles. The number of nitrogens with zero attached hydrogens (tertiary/aromatic N) is 2. The number of carbonyl (C=O) groups is 1. The van der Waals surface area contributed by atoms with Gasteiger partial charge in [0.25, 0.3) is 0 Å². The molecule has 1 fully saturated rings. The van der Waals surface area contributed by atoms with Crippen LogP contribution < -0.4 is 10.6 Å². The van der Waals surface area contributed by atoms with Crippen molar-refractivity contribution in [3.8, 4) is 0 Å². The molecule has 0 saturated heterocycles. The first-order valence-electron chi connectivity index (χ1n) is 7.43. The minimum Gasteiger partial charge on any atom is -0.335 e. The number of carbonyl (C=O) groups excluding carboxylic acids is 1. The summed E-state index contributed by atoms with van der Waals surface area (Å²) in [4.78, 5) is 11.9. The van der Waals surface area contributed by atoms with Crippen LogP contribution in [0, 0.1) is 0 Å². The molecule has 5 nitrogen and oxygen atoms in total. The molecule has 21 heavy (non-hydrogen) atoms. The fourth-order valence-corrected chi connectivity index (χ4v) is 2.70. The zero-order valence-corrected chi connectivity index (χ0v) is 12.0.